The van der Waals surface area contributed by atoms with Crippen molar-refractivity contribution in [2.45, 2.75) is 32.8 Å². The van der Waals surface area contributed by atoms with Crippen LogP contribution in [0.1, 0.15) is 25.3 Å². The van der Waals surface area contributed by atoms with E-state index in [2.05, 4.69) is 15.6 Å². The zero-order valence-corrected chi connectivity index (χ0v) is 17.6. The Hall–Kier alpha value is -1.80. The molecule has 27 heavy (non-hydrogen) atoms. The predicted molar refractivity (Wildman–Crippen MR) is 110 cm³/mol. The van der Waals surface area contributed by atoms with Gasteiger partial charge in [0.05, 0.1) is 12.8 Å². The van der Waals surface area contributed by atoms with Crippen molar-refractivity contribution in [2.24, 2.45) is 10.9 Å². The topological polar surface area (TPSA) is 83.0 Å². The number of aliphatic imine (C=N–C) groups is 1. The van der Waals surface area contributed by atoms with Crippen LogP contribution in [-0.2, 0) is 10.0 Å². The van der Waals surface area contributed by atoms with E-state index < -0.39 is 10.0 Å². The van der Waals surface area contributed by atoms with E-state index in [-0.39, 0.29) is 6.10 Å². The molecular formula is C19H32N4O3S. The van der Waals surface area contributed by atoms with E-state index in [9.17, 15) is 8.42 Å². The number of aryl methyl sites for hydroxylation is 1. The first-order valence-corrected chi connectivity index (χ1v) is 11.3. The summed E-state index contributed by atoms with van der Waals surface area (Å²) in [6.07, 6.45) is 3.01. The molecule has 0 amide bonds. The van der Waals surface area contributed by atoms with Gasteiger partial charge < -0.3 is 15.4 Å². The Morgan fingerprint density at radius 2 is 2.04 bits per heavy atom. The Kier molecular flexibility index (Phi) is 7.91. The maximum Gasteiger partial charge on any atom is 0.211 e. The first kappa shape index (κ1) is 21.5. The van der Waals surface area contributed by atoms with Crippen LogP contribution >= 0.6 is 0 Å². The van der Waals surface area contributed by atoms with E-state index >= 15 is 0 Å². The van der Waals surface area contributed by atoms with E-state index in [1.54, 1.807) is 11.4 Å². The third-order valence-corrected chi connectivity index (χ3v) is 6.01. The van der Waals surface area contributed by atoms with E-state index in [1.165, 1.54) is 11.8 Å². The molecule has 1 aliphatic heterocycles. The number of nitrogens with zero attached hydrogens (tertiary/aromatic N) is 2. The third kappa shape index (κ3) is 7.38. The van der Waals surface area contributed by atoms with Crippen molar-refractivity contribution < 1.29 is 13.2 Å². The summed E-state index contributed by atoms with van der Waals surface area (Å²) < 4.78 is 30.6. The van der Waals surface area contributed by atoms with E-state index in [0.717, 1.165) is 31.1 Å². The second-order valence-electron chi connectivity index (χ2n) is 7.18. The smallest absolute Gasteiger partial charge is 0.211 e. The summed E-state index contributed by atoms with van der Waals surface area (Å²) in [5.74, 6) is 2.05. The summed E-state index contributed by atoms with van der Waals surface area (Å²) in [6, 6.07) is 8.01. The third-order valence-electron chi connectivity index (χ3n) is 4.71. The average molecular weight is 397 g/mol. The Bertz CT molecular complexity index is 728. The Morgan fingerprint density at radius 1 is 1.33 bits per heavy atom. The lowest BCUT2D eigenvalue weighted by Crippen LogP contribution is -2.45. The molecule has 7 nitrogen and oxygen atoms in total. The van der Waals surface area contributed by atoms with Crippen LogP contribution in [0.25, 0.3) is 0 Å². The number of rotatable bonds is 7. The van der Waals surface area contributed by atoms with Gasteiger partial charge in [0.15, 0.2) is 5.96 Å². The second kappa shape index (κ2) is 9.94. The minimum Gasteiger partial charge on any atom is -0.489 e. The van der Waals surface area contributed by atoms with Crippen molar-refractivity contribution in [3.8, 4) is 5.75 Å². The first-order valence-electron chi connectivity index (χ1n) is 9.41. The zero-order valence-electron chi connectivity index (χ0n) is 16.7. The molecule has 0 radical (unpaired) electrons. The van der Waals surface area contributed by atoms with Gasteiger partial charge in [0.25, 0.3) is 0 Å². The molecule has 2 N–H and O–H groups in total. The molecule has 8 heteroatoms. The molecule has 1 unspecified atom stereocenters. The molecule has 1 aliphatic rings. The zero-order chi connectivity index (χ0) is 19.9. The molecule has 1 aromatic rings. The number of nitrogens with one attached hydrogen (secondary N) is 2. The molecule has 0 bridgehead atoms. The quantitative estimate of drug-likeness (QED) is 0.540. The normalized spacial score (nSPS) is 18.1. The molecule has 1 heterocycles. The number of hydrogen-bond donors (Lipinski definition) is 2. The van der Waals surface area contributed by atoms with Crippen LogP contribution in [0, 0.1) is 12.8 Å². The minimum absolute atomic E-state index is 0.00310. The first-order chi connectivity index (χ1) is 12.8. The Labute approximate surface area is 163 Å². The van der Waals surface area contributed by atoms with Gasteiger partial charge in [0.2, 0.25) is 10.0 Å². The molecular weight excluding hydrogens is 364 g/mol. The van der Waals surface area contributed by atoms with Crippen molar-refractivity contribution in [2.75, 3.05) is 39.5 Å². The van der Waals surface area contributed by atoms with Crippen LogP contribution in [0.2, 0.25) is 0 Å². The largest absolute Gasteiger partial charge is 0.489 e. The summed E-state index contributed by atoms with van der Waals surface area (Å²) in [7, 11) is -1.33. The number of piperidine rings is 1. The number of ether oxygens (including phenoxy) is 1. The molecule has 152 valence electrons. The molecule has 2 rings (SSSR count). The van der Waals surface area contributed by atoms with Crippen molar-refractivity contribution in [3.05, 3.63) is 29.8 Å². The van der Waals surface area contributed by atoms with Crippen molar-refractivity contribution >= 4 is 16.0 Å². The van der Waals surface area contributed by atoms with Gasteiger partial charge in [0, 0.05) is 26.7 Å². The molecule has 0 spiro atoms. The lowest BCUT2D eigenvalue weighted by atomic mass is 9.98. The van der Waals surface area contributed by atoms with Crippen LogP contribution in [0.5, 0.6) is 5.75 Å². The molecule has 1 atom stereocenters. The van der Waals surface area contributed by atoms with Gasteiger partial charge in [-0.2, -0.15) is 0 Å². The number of benzene rings is 1. The van der Waals surface area contributed by atoms with Gasteiger partial charge in [-0.25, -0.2) is 12.7 Å². The van der Waals surface area contributed by atoms with Crippen molar-refractivity contribution in [3.63, 3.8) is 0 Å². The summed E-state index contributed by atoms with van der Waals surface area (Å²) in [4.78, 5) is 4.25. The highest BCUT2D eigenvalue weighted by Gasteiger charge is 2.24. The fourth-order valence-corrected chi connectivity index (χ4v) is 3.98. The van der Waals surface area contributed by atoms with Gasteiger partial charge in [-0.1, -0.05) is 12.1 Å². The lowest BCUT2D eigenvalue weighted by Gasteiger charge is -2.30. The number of guanidine groups is 1. The Balaban J connectivity index is 1.70. The SMILES string of the molecule is CN=C(NCC1CCN(S(C)(=O)=O)CC1)NCC(C)Oc1cccc(C)c1. The van der Waals surface area contributed by atoms with Crippen LogP contribution in [0.15, 0.2) is 29.3 Å². The Morgan fingerprint density at radius 3 is 2.63 bits per heavy atom. The second-order valence-corrected chi connectivity index (χ2v) is 9.17. The highest BCUT2D eigenvalue weighted by molar-refractivity contribution is 7.88. The van der Waals surface area contributed by atoms with Gasteiger partial charge in [-0.3, -0.25) is 4.99 Å². The summed E-state index contributed by atoms with van der Waals surface area (Å²) in [5.41, 5.74) is 1.17. The molecule has 0 aliphatic carbocycles. The fourth-order valence-electron chi connectivity index (χ4n) is 3.11. The summed E-state index contributed by atoms with van der Waals surface area (Å²) in [6.45, 7) is 6.67. The molecule has 1 saturated heterocycles. The molecule has 0 saturated carbocycles. The van der Waals surface area contributed by atoms with Gasteiger partial charge in [-0.05, 0) is 50.3 Å². The maximum atomic E-state index is 11.6. The highest BCUT2D eigenvalue weighted by Crippen LogP contribution is 2.18. The van der Waals surface area contributed by atoms with E-state index in [4.69, 9.17) is 4.74 Å². The van der Waals surface area contributed by atoms with Gasteiger partial charge in [-0.15, -0.1) is 0 Å². The van der Waals surface area contributed by atoms with Crippen LogP contribution in [0.4, 0.5) is 0 Å². The van der Waals surface area contributed by atoms with Gasteiger partial charge >= 0.3 is 0 Å². The van der Waals surface area contributed by atoms with Crippen LogP contribution in [0.3, 0.4) is 0 Å². The summed E-state index contributed by atoms with van der Waals surface area (Å²) >= 11 is 0. The van der Waals surface area contributed by atoms with Crippen molar-refractivity contribution in [1.82, 2.24) is 14.9 Å². The number of hydrogen-bond acceptors (Lipinski definition) is 4. The lowest BCUT2D eigenvalue weighted by molar-refractivity contribution is 0.223. The predicted octanol–water partition coefficient (Wildman–Crippen LogP) is 1.60. The van der Waals surface area contributed by atoms with Crippen molar-refractivity contribution in [1.29, 1.82) is 0 Å². The minimum atomic E-state index is -3.07. The molecule has 1 fully saturated rings. The van der Waals surface area contributed by atoms with Gasteiger partial charge in [0.1, 0.15) is 11.9 Å². The van der Waals surface area contributed by atoms with E-state index in [0.29, 0.717) is 25.6 Å². The fraction of sp³-hybridized carbons (Fsp3) is 0.632. The average Bonchev–Trinajstić information content (AvgIpc) is 2.61. The molecule has 1 aromatic carbocycles. The van der Waals surface area contributed by atoms with Crippen LogP contribution in [-0.4, -0.2) is 64.3 Å². The summed E-state index contributed by atoms with van der Waals surface area (Å²) in [5, 5.41) is 6.62. The van der Waals surface area contributed by atoms with E-state index in [1.807, 2.05) is 38.1 Å². The number of sulfonamides is 1. The monoisotopic (exact) mass is 396 g/mol. The molecule has 0 aromatic heterocycles. The highest BCUT2D eigenvalue weighted by atomic mass is 32.2. The standard InChI is InChI=1S/C19H32N4O3S/c1-15-6-5-7-18(12-15)26-16(2)13-21-19(20-3)22-14-17-8-10-23(11-9-17)27(4,24)25/h5-7,12,16-17H,8-11,13-14H2,1-4H3,(H2,20,21,22). The van der Waals surface area contributed by atoms with Crippen LogP contribution < -0.4 is 15.4 Å². The maximum absolute atomic E-state index is 11.6.